The van der Waals surface area contributed by atoms with Gasteiger partial charge in [0.25, 0.3) is 0 Å². The highest BCUT2D eigenvalue weighted by Crippen LogP contribution is 2.43. The van der Waals surface area contributed by atoms with Gasteiger partial charge in [0.05, 0.1) is 18.2 Å². The summed E-state index contributed by atoms with van der Waals surface area (Å²) in [5, 5.41) is 9.94. The Hall–Kier alpha value is -1.93. The highest BCUT2D eigenvalue weighted by atomic mass is 32.2. The standard InChI is InChI=1S/C15H15N3OS/c1-10-14(11-5-2-3-6-12(11)17-10)15-18(8-4-7-16)13(19)9-20-15/h2-3,5-6,15,17H,4,8-9H2,1H3. The molecule has 20 heavy (non-hydrogen) atoms. The second-order valence-corrected chi connectivity index (χ2v) is 5.94. The number of aromatic nitrogens is 1. The largest absolute Gasteiger partial charge is 0.358 e. The van der Waals surface area contributed by atoms with Gasteiger partial charge in [-0.25, -0.2) is 0 Å². The second-order valence-electron chi connectivity index (χ2n) is 4.87. The Balaban J connectivity index is 2.03. The Morgan fingerprint density at radius 2 is 2.30 bits per heavy atom. The number of para-hydroxylation sites is 1. The molecule has 1 amide bonds. The van der Waals surface area contributed by atoms with Crippen LogP contribution in [0.15, 0.2) is 24.3 Å². The summed E-state index contributed by atoms with van der Waals surface area (Å²) in [6, 6.07) is 10.3. The molecule has 0 radical (unpaired) electrons. The molecule has 1 aromatic carbocycles. The van der Waals surface area contributed by atoms with Crippen LogP contribution in [0.4, 0.5) is 0 Å². The lowest BCUT2D eigenvalue weighted by molar-refractivity contribution is -0.127. The minimum absolute atomic E-state index is 0.0204. The van der Waals surface area contributed by atoms with Crippen LogP contribution < -0.4 is 0 Å². The maximum absolute atomic E-state index is 12.0. The molecular weight excluding hydrogens is 270 g/mol. The van der Waals surface area contributed by atoms with Gasteiger partial charge in [-0.3, -0.25) is 4.79 Å². The molecule has 1 aliphatic rings. The van der Waals surface area contributed by atoms with Crippen molar-refractivity contribution < 1.29 is 4.79 Å². The number of nitrogens with zero attached hydrogens (tertiary/aromatic N) is 2. The van der Waals surface area contributed by atoms with Crippen LogP contribution in [0.3, 0.4) is 0 Å². The monoisotopic (exact) mass is 285 g/mol. The summed E-state index contributed by atoms with van der Waals surface area (Å²) < 4.78 is 0. The summed E-state index contributed by atoms with van der Waals surface area (Å²) in [6.07, 6.45) is 0.379. The summed E-state index contributed by atoms with van der Waals surface area (Å²) in [7, 11) is 0. The predicted octanol–water partition coefficient (Wildman–Crippen LogP) is 2.96. The maximum atomic E-state index is 12.0. The summed E-state index contributed by atoms with van der Waals surface area (Å²) in [6.45, 7) is 2.55. The third kappa shape index (κ3) is 2.06. The van der Waals surface area contributed by atoms with Gasteiger partial charge in [0, 0.05) is 28.7 Å². The molecule has 0 spiro atoms. The van der Waals surface area contributed by atoms with E-state index in [1.54, 1.807) is 11.8 Å². The van der Waals surface area contributed by atoms with Gasteiger partial charge in [-0.05, 0) is 13.0 Å². The van der Waals surface area contributed by atoms with E-state index in [1.165, 1.54) is 10.9 Å². The molecule has 1 aliphatic heterocycles. The molecule has 1 aromatic heterocycles. The molecule has 2 heterocycles. The number of nitrogens with one attached hydrogen (secondary N) is 1. The first-order chi connectivity index (χ1) is 9.72. The van der Waals surface area contributed by atoms with Crippen molar-refractivity contribution in [2.75, 3.05) is 12.3 Å². The number of benzene rings is 1. The average molecular weight is 285 g/mol. The van der Waals surface area contributed by atoms with Crippen LogP contribution in [-0.2, 0) is 4.79 Å². The zero-order valence-corrected chi connectivity index (χ0v) is 12.0. The van der Waals surface area contributed by atoms with Gasteiger partial charge in [-0.1, -0.05) is 18.2 Å². The molecule has 1 atom stereocenters. The molecule has 1 saturated heterocycles. The Kier molecular flexibility index (Phi) is 3.41. The number of aromatic amines is 1. The van der Waals surface area contributed by atoms with Crippen molar-refractivity contribution in [3.8, 4) is 6.07 Å². The van der Waals surface area contributed by atoms with Gasteiger partial charge in [-0.15, -0.1) is 11.8 Å². The smallest absolute Gasteiger partial charge is 0.233 e. The molecule has 2 aromatic rings. The lowest BCUT2D eigenvalue weighted by atomic mass is 10.1. The molecule has 5 heteroatoms. The molecule has 0 saturated carbocycles. The van der Waals surface area contributed by atoms with E-state index >= 15 is 0 Å². The Morgan fingerprint density at radius 3 is 3.10 bits per heavy atom. The van der Waals surface area contributed by atoms with E-state index in [4.69, 9.17) is 5.26 Å². The fraction of sp³-hybridized carbons (Fsp3) is 0.333. The summed E-state index contributed by atoms with van der Waals surface area (Å²) in [4.78, 5) is 17.2. The van der Waals surface area contributed by atoms with E-state index in [2.05, 4.69) is 17.1 Å². The normalized spacial score (nSPS) is 18.7. The van der Waals surface area contributed by atoms with Crippen molar-refractivity contribution >= 4 is 28.6 Å². The van der Waals surface area contributed by atoms with Gasteiger partial charge in [-0.2, -0.15) is 5.26 Å². The van der Waals surface area contributed by atoms with Crippen LogP contribution in [0.25, 0.3) is 10.9 Å². The third-order valence-electron chi connectivity index (χ3n) is 3.62. The van der Waals surface area contributed by atoms with Gasteiger partial charge in [0.15, 0.2) is 0 Å². The lowest BCUT2D eigenvalue weighted by Crippen LogP contribution is -2.29. The summed E-state index contributed by atoms with van der Waals surface area (Å²) in [5.74, 6) is 0.620. The number of hydrogen-bond acceptors (Lipinski definition) is 3. The number of carbonyl (C=O) groups is 1. The van der Waals surface area contributed by atoms with E-state index in [1.807, 2.05) is 30.0 Å². The number of fused-ring (bicyclic) bond motifs is 1. The highest BCUT2D eigenvalue weighted by Gasteiger charge is 2.34. The Labute approximate surface area is 121 Å². The summed E-state index contributed by atoms with van der Waals surface area (Å²) in [5.41, 5.74) is 3.37. The van der Waals surface area contributed by atoms with E-state index in [0.717, 1.165) is 11.2 Å². The van der Waals surface area contributed by atoms with Crippen LogP contribution >= 0.6 is 11.8 Å². The van der Waals surface area contributed by atoms with E-state index in [9.17, 15) is 4.79 Å². The zero-order chi connectivity index (χ0) is 14.1. The molecule has 4 nitrogen and oxygen atoms in total. The molecule has 1 fully saturated rings. The van der Waals surface area contributed by atoms with Crippen molar-refractivity contribution in [2.45, 2.75) is 18.7 Å². The molecule has 3 rings (SSSR count). The van der Waals surface area contributed by atoms with Crippen molar-refractivity contribution in [2.24, 2.45) is 0 Å². The van der Waals surface area contributed by atoms with Gasteiger partial charge < -0.3 is 9.88 Å². The van der Waals surface area contributed by atoms with Gasteiger partial charge in [0.1, 0.15) is 5.37 Å². The molecule has 0 bridgehead atoms. The number of aryl methyl sites for hydroxylation is 1. The minimum Gasteiger partial charge on any atom is -0.358 e. The Bertz CT molecular complexity index is 701. The average Bonchev–Trinajstić information content (AvgIpc) is 2.96. The molecular formula is C15H15N3OS. The van der Waals surface area contributed by atoms with Crippen molar-refractivity contribution in [1.82, 2.24) is 9.88 Å². The third-order valence-corrected chi connectivity index (χ3v) is 4.84. The quantitative estimate of drug-likeness (QED) is 0.943. The van der Waals surface area contributed by atoms with E-state index < -0.39 is 0 Å². The fourth-order valence-corrected chi connectivity index (χ4v) is 4.06. The predicted molar refractivity (Wildman–Crippen MR) is 80.2 cm³/mol. The van der Waals surface area contributed by atoms with Crippen molar-refractivity contribution in [3.63, 3.8) is 0 Å². The van der Waals surface area contributed by atoms with Crippen molar-refractivity contribution in [3.05, 3.63) is 35.5 Å². The topological polar surface area (TPSA) is 59.9 Å². The molecule has 1 unspecified atom stereocenters. The van der Waals surface area contributed by atoms with Gasteiger partial charge in [0.2, 0.25) is 5.91 Å². The maximum Gasteiger partial charge on any atom is 0.233 e. The number of nitriles is 1. The van der Waals surface area contributed by atoms with Crippen LogP contribution in [0.2, 0.25) is 0 Å². The number of rotatable bonds is 3. The van der Waals surface area contributed by atoms with Crippen molar-refractivity contribution in [1.29, 1.82) is 5.26 Å². The number of H-pyrrole nitrogens is 1. The lowest BCUT2D eigenvalue weighted by Gasteiger charge is -2.23. The zero-order valence-electron chi connectivity index (χ0n) is 11.2. The van der Waals surface area contributed by atoms with Gasteiger partial charge >= 0.3 is 0 Å². The second kappa shape index (κ2) is 5.22. The first-order valence-corrected chi connectivity index (χ1v) is 7.62. The number of thioether (sulfide) groups is 1. The molecule has 0 aliphatic carbocycles. The summed E-state index contributed by atoms with van der Waals surface area (Å²) >= 11 is 1.64. The first kappa shape index (κ1) is 13.1. The Morgan fingerprint density at radius 1 is 1.50 bits per heavy atom. The highest BCUT2D eigenvalue weighted by molar-refractivity contribution is 8.00. The SMILES string of the molecule is Cc1[nH]c2ccccc2c1C1SCC(=O)N1CCC#N. The number of carbonyl (C=O) groups excluding carboxylic acids is 1. The van der Waals surface area contributed by atoms with Crippen LogP contribution in [0.1, 0.15) is 23.1 Å². The number of hydrogen-bond donors (Lipinski definition) is 1. The minimum atomic E-state index is 0.0204. The number of amides is 1. The molecule has 102 valence electrons. The first-order valence-electron chi connectivity index (χ1n) is 6.57. The van der Waals surface area contributed by atoms with Crippen LogP contribution in [0.5, 0.6) is 0 Å². The molecule has 1 N–H and O–H groups in total. The van der Waals surface area contributed by atoms with E-state index in [0.29, 0.717) is 18.7 Å². The van der Waals surface area contributed by atoms with Crippen LogP contribution in [-0.4, -0.2) is 28.1 Å². The van der Waals surface area contributed by atoms with E-state index in [-0.39, 0.29) is 11.3 Å². The fourth-order valence-electron chi connectivity index (χ4n) is 2.72. The van der Waals surface area contributed by atoms with Crippen LogP contribution in [0, 0.1) is 18.3 Å².